The van der Waals surface area contributed by atoms with Gasteiger partial charge in [0.05, 0.1) is 19.8 Å². The highest BCUT2D eigenvalue weighted by Gasteiger charge is 2.47. The van der Waals surface area contributed by atoms with Crippen molar-refractivity contribution in [1.29, 1.82) is 0 Å². The lowest BCUT2D eigenvalue weighted by molar-refractivity contribution is -0.266. The number of hydrogen-bond acceptors (Lipinski definition) is 18. The molecule has 0 bridgehead atoms. The van der Waals surface area contributed by atoms with Crippen molar-refractivity contribution >= 4 is 55.2 Å². The number of amides is 6. The number of unbranched alkanes of at least 4 members (excludes halogenated alkanes) is 24. The fraction of sp³-hybridized carbons (Fsp3) is 0.864. The van der Waals surface area contributed by atoms with Crippen molar-refractivity contribution < 1.29 is 91.1 Å². The Bertz CT molecular complexity index is 1960. The van der Waals surface area contributed by atoms with E-state index >= 15 is 0 Å². The molecule has 1 fully saturated rings. The number of aliphatic hydroxyl groups excluding tert-OH is 3. The van der Waals surface area contributed by atoms with Gasteiger partial charge in [-0.15, -0.1) is 0 Å². The van der Waals surface area contributed by atoms with E-state index in [1.807, 2.05) is 0 Å². The normalized spacial score (nSPS) is 19.2. The molecule has 11 atom stereocenters. The van der Waals surface area contributed by atoms with Gasteiger partial charge < -0.3 is 71.5 Å². The number of carbonyl (C=O) groups is 8. The third-order valence-corrected chi connectivity index (χ3v) is 15.6. The second-order valence-electron chi connectivity index (χ2n) is 22.4. The van der Waals surface area contributed by atoms with E-state index < -0.39 is 149 Å². The summed E-state index contributed by atoms with van der Waals surface area (Å²) in [6, 6.07) is -5.19. The van der Waals surface area contributed by atoms with Crippen LogP contribution < -0.4 is 32.3 Å². The van der Waals surface area contributed by atoms with Gasteiger partial charge in [0.15, 0.2) is 12.4 Å². The summed E-state index contributed by atoms with van der Waals surface area (Å²) in [7, 11) is -4.80. The van der Waals surface area contributed by atoms with Gasteiger partial charge in [0, 0.05) is 32.7 Å². The van der Waals surface area contributed by atoms with Crippen LogP contribution >= 0.6 is 7.82 Å². The predicted octanol–water partition coefficient (Wildman–Crippen LogP) is 5.76. The van der Waals surface area contributed by atoms with Crippen molar-refractivity contribution in [3.05, 3.63) is 0 Å². The van der Waals surface area contributed by atoms with Crippen LogP contribution in [0.2, 0.25) is 0 Å². The highest BCUT2D eigenvalue weighted by atomic mass is 31.2. The number of nitrogens with one attached hydrogen (secondary N) is 5. The standard InChI is InChI=1S/C59H109N6O19P/c1-7-9-11-13-15-17-19-21-23-25-27-29-31-33-50(69)79-40-46(83-51(70)34-32-30-28-26-24-22-20-18-16-14-12-10-8-2)41-81-85(77,78)80-38-37-61-56(73)42(3)62-49(68)36-35-47(55(60)72)65-57(74)43(4)63-58(75)44(5)82-54-52(64-45(6)67)59(76)84-48(39-66)53(54)71/h42-44,46-48,52-54,59,66,71,76H,7-41H2,1-6H3,(H2,60,72)(H,61,73)(H,62,68)(H,63,75)(H,64,67)(H,65,74)(H,77,78). The van der Waals surface area contributed by atoms with Gasteiger partial charge in [-0.25, -0.2) is 4.57 Å². The lowest BCUT2D eigenvalue weighted by Crippen LogP contribution is -2.65. The maximum atomic E-state index is 13.0. The highest BCUT2D eigenvalue weighted by molar-refractivity contribution is 7.47. The average molecular weight is 1240 g/mol. The van der Waals surface area contributed by atoms with Crippen LogP contribution in [0.15, 0.2) is 0 Å². The van der Waals surface area contributed by atoms with Gasteiger partial charge in [-0.2, -0.15) is 0 Å². The molecule has 11 N–H and O–H groups in total. The molecule has 494 valence electrons. The monoisotopic (exact) mass is 1240 g/mol. The molecule has 0 aromatic carbocycles. The Morgan fingerprint density at radius 3 is 1.58 bits per heavy atom. The molecule has 1 aliphatic heterocycles. The van der Waals surface area contributed by atoms with E-state index in [2.05, 4.69) is 40.4 Å². The fourth-order valence-corrected chi connectivity index (χ4v) is 10.2. The summed E-state index contributed by atoms with van der Waals surface area (Å²) in [6.07, 6.45) is 20.8. The van der Waals surface area contributed by atoms with E-state index in [1.54, 1.807) is 0 Å². The molecule has 11 unspecified atom stereocenters. The molecule has 85 heavy (non-hydrogen) atoms. The topological polar surface area (TPSA) is 376 Å². The number of rotatable bonds is 52. The van der Waals surface area contributed by atoms with Gasteiger partial charge in [-0.05, 0) is 40.0 Å². The van der Waals surface area contributed by atoms with Crippen LogP contribution in [0.5, 0.6) is 0 Å². The van der Waals surface area contributed by atoms with Crippen molar-refractivity contribution in [1.82, 2.24) is 26.6 Å². The molecule has 6 amide bonds. The molecule has 1 aliphatic rings. The zero-order valence-corrected chi connectivity index (χ0v) is 52.9. The Kier molecular flexibility index (Phi) is 44.2. The first kappa shape index (κ1) is 78.7. The largest absolute Gasteiger partial charge is 0.472 e. The molecule has 1 rings (SSSR count). The van der Waals surface area contributed by atoms with Gasteiger partial charge >= 0.3 is 19.8 Å². The van der Waals surface area contributed by atoms with E-state index in [-0.39, 0.29) is 25.8 Å². The molecule has 0 spiro atoms. The molecule has 0 aromatic heterocycles. The number of primary amides is 1. The van der Waals surface area contributed by atoms with Crippen LogP contribution in [-0.4, -0.2) is 162 Å². The number of hydrogen-bond donors (Lipinski definition) is 10. The van der Waals surface area contributed by atoms with E-state index in [9.17, 15) is 63.1 Å². The highest BCUT2D eigenvalue weighted by Crippen LogP contribution is 2.43. The molecule has 0 radical (unpaired) electrons. The summed E-state index contributed by atoms with van der Waals surface area (Å²) in [5, 5.41) is 42.6. The molecular formula is C59H109N6O19P. The van der Waals surface area contributed by atoms with Gasteiger partial charge in [-0.1, -0.05) is 168 Å². The van der Waals surface area contributed by atoms with Crippen LogP contribution in [0.3, 0.4) is 0 Å². The third kappa shape index (κ3) is 38.5. The minimum atomic E-state index is -4.80. The quantitative estimate of drug-likeness (QED) is 0.0196. The zero-order chi connectivity index (χ0) is 63.4. The predicted molar refractivity (Wildman–Crippen MR) is 318 cm³/mol. The summed E-state index contributed by atoms with van der Waals surface area (Å²) in [5.41, 5.74) is 5.49. The third-order valence-electron chi connectivity index (χ3n) is 14.6. The average Bonchev–Trinajstić information content (AvgIpc) is 2.45. The van der Waals surface area contributed by atoms with Crippen molar-refractivity contribution in [2.24, 2.45) is 5.73 Å². The first-order valence-corrected chi connectivity index (χ1v) is 33.0. The van der Waals surface area contributed by atoms with E-state index in [1.165, 1.54) is 130 Å². The Hall–Kier alpha value is -4.33. The summed E-state index contributed by atoms with van der Waals surface area (Å²) >= 11 is 0. The Morgan fingerprint density at radius 1 is 0.612 bits per heavy atom. The van der Waals surface area contributed by atoms with Crippen molar-refractivity contribution in [3.8, 4) is 0 Å². The Balaban J connectivity index is 2.62. The van der Waals surface area contributed by atoms with E-state index in [0.717, 1.165) is 51.9 Å². The minimum Gasteiger partial charge on any atom is -0.462 e. The van der Waals surface area contributed by atoms with Gasteiger partial charge in [-0.3, -0.25) is 47.4 Å². The van der Waals surface area contributed by atoms with Crippen LogP contribution in [0.25, 0.3) is 0 Å². The number of phosphoric ester groups is 1. The van der Waals surface area contributed by atoms with Gasteiger partial charge in [0.25, 0.3) is 0 Å². The van der Waals surface area contributed by atoms with Crippen LogP contribution in [0.1, 0.15) is 234 Å². The molecule has 1 heterocycles. The van der Waals surface area contributed by atoms with E-state index in [4.69, 9.17) is 33.7 Å². The second-order valence-corrected chi connectivity index (χ2v) is 23.9. The van der Waals surface area contributed by atoms with E-state index in [0.29, 0.717) is 12.8 Å². The molecule has 1 saturated heterocycles. The second kappa shape index (κ2) is 47.7. The number of aliphatic hydroxyl groups is 3. The first-order chi connectivity index (χ1) is 40.5. The molecule has 0 aromatic rings. The summed E-state index contributed by atoms with van der Waals surface area (Å²) in [5.74, 6) is -5.88. The Morgan fingerprint density at radius 2 is 1.09 bits per heavy atom. The number of ether oxygens (including phenoxy) is 4. The molecule has 26 heteroatoms. The smallest absolute Gasteiger partial charge is 0.462 e. The van der Waals surface area contributed by atoms with Crippen LogP contribution in [-0.2, 0) is 70.9 Å². The summed E-state index contributed by atoms with van der Waals surface area (Å²) < 4.78 is 44.8. The van der Waals surface area contributed by atoms with Crippen molar-refractivity contribution in [2.45, 2.75) is 295 Å². The van der Waals surface area contributed by atoms with Gasteiger partial charge in [0.1, 0.15) is 55.2 Å². The zero-order valence-electron chi connectivity index (χ0n) is 52.0. The molecule has 0 aliphatic carbocycles. The first-order valence-electron chi connectivity index (χ1n) is 31.5. The van der Waals surface area contributed by atoms with Crippen molar-refractivity contribution in [3.63, 3.8) is 0 Å². The van der Waals surface area contributed by atoms with Crippen LogP contribution in [0.4, 0.5) is 0 Å². The molecular weight excluding hydrogens is 1130 g/mol. The fourth-order valence-electron chi connectivity index (χ4n) is 9.46. The number of esters is 2. The lowest BCUT2D eigenvalue weighted by atomic mass is 9.96. The number of carbonyl (C=O) groups excluding carboxylic acids is 8. The number of nitrogens with two attached hydrogens (primary N) is 1. The van der Waals surface area contributed by atoms with Crippen molar-refractivity contribution in [2.75, 3.05) is 33.0 Å². The number of phosphoric acid groups is 1. The summed E-state index contributed by atoms with van der Waals surface area (Å²) in [6.45, 7) is 6.89. The maximum absolute atomic E-state index is 13.0. The Labute approximate surface area is 505 Å². The molecule has 0 saturated carbocycles. The lowest BCUT2D eigenvalue weighted by Gasteiger charge is -2.43. The SMILES string of the molecule is CCCCCCCCCCCCCCCC(=O)OCC(COP(=O)(O)OCCNC(=O)C(C)NC(=O)CCC(NC(=O)C(C)NC(=O)C(C)OC1C(O)C(CO)OC(O)C1NC(C)=O)C(N)=O)OC(=O)CCCCCCCCCCCCCCC. The minimum absolute atomic E-state index is 0.110. The van der Waals surface area contributed by atoms with Gasteiger partial charge in [0.2, 0.25) is 35.4 Å². The van der Waals surface area contributed by atoms with Crippen LogP contribution in [0, 0.1) is 0 Å². The molecule has 25 nitrogen and oxygen atoms in total. The maximum Gasteiger partial charge on any atom is 0.472 e. The summed E-state index contributed by atoms with van der Waals surface area (Å²) in [4.78, 5) is 112.